The molecule has 1 aliphatic rings. The van der Waals surface area contributed by atoms with Crippen molar-refractivity contribution >= 4 is 17.1 Å². The van der Waals surface area contributed by atoms with Gasteiger partial charge in [0.1, 0.15) is 23.7 Å². The lowest BCUT2D eigenvalue weighted by Gasteiger charge is -2.32. The highest BCUT2D eigenvalue weighted by Gasteiger charge is 2.28. The highest BCUT2D eigenvalue weighted by molar-refractivity contribution is 5.75. The Labute approximate surface area is 168 Å². The Kier molecular flexibility index (Phi) is 5.64. The van der Waals surface area contributed by atoms with Crippen LogP contribution in [0.15, 0.2) is 52.9 Å². The maximum atomic E-state index is 12.9. The number of aromatic nitrogens is 1. The van der Waals surface area contributed by atoms with Gasteiger partial charge in [0.05, 0.1) is 12.0 Å². The number of carbonyl (C=O) groups excluding carboxylic acids is 1. The highest BCUT2D eigenvalue weighted by Crippen LogP contribution is 2.29. The number of nitrogens with one attached hydrogen (secondary N) is 1. The molecule has 1 aromatic heterocycles. The van der Waals surface area contributed by atoms with E-state index in [-0.39, 0.29) is 23.8 Å². The van der Waals surface area contributed by atoms with Crippen molar-refractivity contribution in [2.45, 2.75) is 31.7 Å². The normalized spacial score (nSPS) is 17.9. The van der Waals surface area contributed by atoms with Gasteiger partial charge >= 0.3 is 6.03 Å². The Morgan fingerprint density at radius 2 is 2.10 bits per heavy atom. The first-order valence-electron chi connectivity index (χ1n) is 9.88. The zero-order valence-electron chi connectivity index (χ0n) is 16.3. The van der Waals surface area contributed by atoms with E-state index in [0.29, 0.717) is 31.3 Å². The van der Waals surface area contributed by atoms with Gasteiger partial charge in [0.25, 0.3) is 0 Å². The second-order valence-corrected chi connectivity index (χ2v) is 7.42. The predicted octanol–water partition coefficient (Wildman–Crippen LogP) is 4.32. The van der Waals surface area contributed by atoms with Crippen molar-refractivity contribution in [3.05, 3.63) is 60.2 Å². The molecule has 0 bridgehead atoms. The molecule has 1 aliphatic heterocycles. The predicted molar refractivity (Wildman–Crippen MR) is 107 cm³/mol. The maximum absolute atomic E-state index is 12.9. The second-order valence-electron chi connectivity index (χ2n) is 7.42. The number of ether oxygens (including phenoxy) is 1. The van der Waals surface area contributed by atoms with E-state index in [1.165, 1.54) is 12.1 Å². The third-order valence-electron chi connectivity index (χ3n) is 5.05. The number of benzene rings is 2. The van der Waals surface area contributed by atoms with Crippen LogP contribution in [-0.2, 0) is 0 Å². The zero-order chi connectivity index (χ0) is 20.2. The molecule has 2 amide bonds. The number of urea groups is 1. The molecule has 6 nitrogen and oxygen atoms in total. The first kappa shape index (κ1) is 19.2. The number of hydrogen-bond acceptors (Lipinski definition) is 4. The summed E-state index contributed by atoms with van der Waals surface area (Å²) in [5, 5.41) is 2.97. The molecule has 29 heavy (non-hydrogen) atoms. The molecular formula is C22H24FN3O3. The van der Waals surface area contributed by atoms with Crippen LogP contribution in [0.3, 0.4) is 0 Å². The number of carbonyl (C=O) groups is 1. The van der Waals surface area contributed by atoms with Gasteiger partial charge in [-0.05, 0) is 56.2 Å². The first-order chi connectivity index (χ1) is 14.1. The van der Waals surface area contributed by atoms with Gasteiger partial charge in [-0.25, -0.2) is 14.2 Å². The van der Waals surface area contributed by atoms with Gasteiger partial charge in [0.2, 0.25) is 0 Å². The number of hydrogen-bond donors (Lipinski definition) is 1. The lowest BCUT2D eigenvalue weighted by molar-refractivity contribution is 0.167. The lowest BCUT2D eigenvalue weighted by Crippen LogP contribution is -2.48. The minimum atomic E-state index is -0.308. The molecule has 2 aromatic carbocycles. The largest absolute Gasteiger partial charge is 0.491 e. The number of likely N-dealkylation sites (tertiary alicyclic amines) is 1. The fourth-order valence-corrected chi connectivity index (χ4v) is 3.52. The summed E-state index contributed by atoms with van der Waals surface area (Å²) in [5.41, 5.74) is 1.62. The lowest BCUT2D eigenvalue weighted by atomic mass is 9.98. The molecule has 0 aliphatic carbocycles. The smallest absolute Gasteiger partial charge is 0.317 e. The standard InChI is InChI=1S/C22H24FN3O3/c1-15(14-28-18-10-8-17(23)9-11-18)24-22(27)26-12-4-5-16(13-26)21-25-19-6-2-3-7-20(19)29-21/h2-3,6-11,15-16H,4-5,12-14H2,1H3,(H,24,27)/t15-,16-/m0/s1. The number of para-hydroxylation sites is 2. The van der Waals surface area contributed by atoms with Gasteiger partial charge < -0.3 is 19.4 Å². The molecule has 152 valence electrons. The highest BCUT2D eigenvalue weighted by atomic mass is 19.1. The number of oxazole rings is 1. The summed E-state index contributed by atoms with van der Waals surface area (Å²) in [6.45, 7) is 3.46. The van der Waals surface area contributed by atoms with Crippen molar-refractivity contribution in [3.8, 4) is 5.75 Å². The quantitative estimate of drug-likeness (QED) is 0.696. The number of nitrogens with zero attached hydrogens (tertiary/aromatic N) is 2. The molecule has 2 heterocycles. The summed E-state index contributed by atoms with van der Waals surface area (Å²) in [7, 11) is 0. The van der Waals surface area contributed by atoms with E-state index in [9.17, 15) is 9.18 Å². The van der Waals surface area contributed by atoms with Gasteiger partial charge in [-0.1, -0.05) is 12.1 Å². The van der Waals surface area contributed by atoms with Crippen LogP contribution in [0.5, 0.6) is 5.75 Å². The van der Waals surface area contributed by atoms with Crippen LogP contribution in [0.1, 0.15) is 31.6 Å². The van der Waals surface area contributed by atoms with Crippen LogP contribution < -0.4 is 10.1 Å². The van der Waals surface area contributed by atoms with Gasteiger partial charge in [-0.3, -0.25) is 0 Å². The molecule has 4 rings (SSSR count). The van der Waals surface area contributed by atoms with Crippen molar-refractivity contribution in [3.63, 3.8) is 0 Å². The van der Waals surface area contributed by atoms with Crippen molar-refractivity contribution in [1.82, 2.24) is 15.2 Å². The van der Waals surface area contributed by atoms with E-state index in [0.717, 1.165) is 23.9 Å². The van der Waals surface area contributed by atoms with E-state index in [1.54, 1.807) is 17.0 Å². The monoisotopic (exact) mass is 397 g/mol. The van der Waals surface area contributed by atoms with Gasteiger partial charge in [0.15, 0.2) is 11.5 Å². The van der Waals surface area contributed by atoms with E-state index in [2.05, 4.69) is 10.3 Å². The van der Waals surface area contributed by atoms with Gasteiger partial charge in [-0.15, -0.1) is 0 Å². The molecule has 1 saturated heterocycles. The summed E-state index contributed by atoms with van der Waals surface area (Å²) < 4.78 is 24.5. The molecule has 2 atom stereocenters. The molecule has 0 saturated carbocycles. The van der Waals surface area contributed by atoms with Gasteiger partial charge in [0, 0.05) is 13.1 Å². The molecular weight excluding hydrogens is 373 g/mol. The summed E-state index contributed by atoms with van der Waals surface area (Å²) in [6, 6.07) is 13.2. The third-order valence-corrected chi connectivity index (χ3v) is 5.05. The van der Waals surface area contributed by atoms with E-state index < -0.39 is 0 Å². The summed E-state index contributed by atoms with van der Waals surface area (Å²) in [4.78, 5) is 19.1. The van der Waals surface area contributed by atoms with Crippen LogP contribution in [-0.4, -0.2) is 41.7 Å². The Morgan fingerprint density at radius 3 is 2.90 bits per heavy atom. The number of amides is 2. The Bertz CT molecular complexity index is 940. The van der Waals surface area contributed by atoms with Crippen LogP contribution in [0.2, 0.25) is 0 Å². The molecule has 7 heteroatoms. The molecule has 1 fully saturated rings. The molecule has 0 spiro atoms. The summed E-state index contributed by atoms with van der Waals surface area (Å²) in [6.07, 6.45) is 1.84. The first-order valence-corrected chi connectivity index (χ1v) is 9.88. The fourth-order valence-electron chi connectivity index (χ4n) is 3.52. The zero-order valence-corrected chi connectivity index (χ0v) is 16.3. The van der Waals surface area contributed by atoms with Crippen LogP contribution >= 0.6 is 0 Å². The fraction of sp³-hybridized carbons (Fsp3) is 0.364. The van der Waals surface area contributed by atoms with Crippen molar-refractivity contribution in [2.75, 3.05) is 19.7 Å². The molecule has 1 N–H and O–H groups in total. The van der Waals surface area contributed by atoms with Crippen molar-refractivity contribution < 1.29 is 18.3 Å². The SMILES string of the molecule is C[C@@H](COc1ccc(F)cc1)NC(=O)N1CCC[C@H](c2nc3ccccc3o2)C1. The Balaban J connectivity index is 1.31. The van der Waals surface area contributed by atoms with Crippen LogP contribution in [0.25, 0.3) is 11.1 Å². The average Bonchev–Trinajstić information content (AvgIpc) is 3.18. The third kappa shape index (κ3) is 4.67. The number of fused-ring (bicyclic) bond motifs is 1. The minimum absolute atomic E-state index is 0.0904. The molecule has 0 radical (unpaired) electrons. The van der Waals surface area contributed by atoms with Crippen molar-refractivity contribution in [2.24, 2.45) is 0 Å². The number of halogens is 1. The topological polar surface area (TPSA) is 67.6 Å². The van der Waals surface area contributed by atoms with Gasteiger partial charge in [-0.2, -0.15) is 0 Å². The second kappa shape index (κ2) is 8.51. The number of piperidine rings is 1. The van der Waals surface area contributed by atoms with E-state index in [4.69, 9.17) is 9.15 Å². The van der Waals surface area contributed by atoms with E-state index >= 15 is 0 Å². The van der Waals surface area contributed by atoms with Crippen molar-refractivity contribution in [1.29, 1.82) is 0 Å². The molecule has 3 aromatic rings. The average molecular weight is 397 g/mol. The number of rotatable bonds is 5. The minimum Gasteiger partial charge on any atom is -0.491 e. The van der Waals surface area contributed by atoms with Crippen LogP contribution in [0.4, 0.5) is 9.18 Å². The summed E-state index contributed by atoms with van der Waals surface area (Å²) in [5.74, 6) is 1.04. The van der Waals surface area contributed by atoms with E-state index in [1.807, 2.05) is 31.2 Å². The summed E-state index contributed by atoms with van der Waals surface area (Å²) >= 11 is 0. The maximum Gasteiger partial charge on any atom is 0.317 e. The van der Waals surface area contributed by atoms with Crippen LogP contribution in [0, 0.1) is 5.82 Å². The molecule has 0 unspecified atom stereocenters. The Hall–Kier alpha value is -3.09. The Morgan fingerprint density at radius 1 is 1.31 bits per heavy atom.